The van der Waals surface area contributed by atoms with E-state index in [0.29, 0.717) is 15.8 Å². The van der Waals surface area contributed by atoms with Crippen LogP contribution < -0.4 is 10.6 Å². The number of nitrogens with zero attached hydrogens (tertiary/aromatic N) is 3. The van der Waals surface area contributed by atoms with Crippen LogP contribution in [0.25, 0.3) is 0 Å². The van der Waals surface area contributed by atoms with Crippen LogP contribution in [0.2, 0.25) is 0 Å². The fourth-order valence-electron chi connectivity index (χ4n) is 1.34. The molecule has 1 aromatic carbocycles. The Kier molecular flexibility index (Phi) is 4.15. The fourth-order valence-corrected chi connectivity index (χ4v) is 3.19. The molecule has 18 heavy (non-hydrogen) atoms. The second-order valence-electron chi connectivity index (χ2n) is 3.78. The standard InChI is InChI=1S/C11H13FN4S2/c1-16(2)10-14-15-11(18-10)17-9-7(6-13)4-3-5-8(9)12/h3-5H,6,13H2,1-2H3. The summed E-state index contributed by atoms with van der Waals surface area (Å²) in [4.78, 5) is 2.40. The molecule has 0 aliphatic heterocycles. The Morgan fingerprint density at radius 3 is 2.78 bits per heavy atom. The molecule has 4 nitrogen and oxygen atoms in total. The third-order valence-electron chi connectivity index (χ3n) is 2.24. The van der Waals surface area contributed by atoms with Crippen LogP contribution in [0.1, 0.15) is 5.56 Å². The quantitative estimate of drug-likeness (QED) is 0.934. The van der Waals surface area contributed by atoms with Crippen LogP contribution >= 0.6 is 23.1 Å². The lowest BCUT2D eigenvalue weighted by atomic mass is 10.2. The van der Waals surface area contributed by atoms with Crippen molar-refractivity contribution in [1.29, 1.82) is 0 Å². The molecule has 0 aliphatic rings. The van der Waals surface area contributed by atoms with Crippen molar-refractivity contribution in [2.24, 2.45) is 5.73 Å². The lowest BCUT2D eigenvalue weighted by molar-refractivity contribution is 0.597. The van der Waals surface area contributed by atoms with Gasteiger partial charge in [0.25, 0.3) is 0 Å². The van der Waals surface area contributed by atoms with Gasteiger partial charge >= 0.3 is 0 Å². The molecule has 0 radical (unpaired) electrons. The van der Waals surface area contributed by atoms with Crippen LogP contribution in [0.5, 0.6) is 0 Å². The number of hydrogen-bond acceptors (Lipinski definition) is 6. The van der Waals surface area contributed by atoms with Gasteiger partial charge in [-0.05, 0) is 11.6 Å². The Labute approximate surface area is 113 Å². The number of hydrogen-bond donors (Lipinski definition) is 1. The smallest absolute Gasteiger partial charge is 0.208 e. The second kappa shape index (κ2) is 5.64. The minimum absolute atomic E-state index is 0.274. The van der Waals surface area contributed by atoms with Gasteiger partial charge in [-0.15, -0.1) is 10.2 Å². The van der Waals surface area contributed by atoms with Crippen LogP contribution in [0.3, 0.4) is 0 Å². The molecule has 0 bridgehead atoms. The summed E-state index contributed by atoms with van der Waals surface area (Å²) in [5.41, 5.74) is 6.39. The van der Waals surface area contributed by atoms with Crippen molar-refractivity contribution >= 4 is 28.2 Å². The van der Waals surface area contributed by atoms with E-state index in [1.54, 1.807) is 6.07 Å². The lowest BCUT2D eigenvalue weighted by Gasteiger charge is -2.06. The van der Waals surface area contributed by atoms with Gasteiger partial charge < -0.3 is 10.6 Å². The molecule has 0 spiro atoms. The van der Waals surface area contributed by atoms with Crippen LogP contribution in [0.4, 0.5) is 9.52 Å². The average molecular weight is 284 g/mol. The maximum absolute atomic E-state index is 13.8. The number of anilines is 1. The van der Waals surface area contributed by atoms with E-state index in [1.165, 1.54) is 29.2 Å². The predicted octanol–water partition coefficient (Wildman–Crippen LogP) is 2.35. The van der Waals surface area contributed by atoms with Crippen molar-refractivity contribution in [3.8, 4) is 0 Å². The van der Waals surface area contributed by atoms with E-state index in [0.717, 1.165) is 10.7 Å². The highest BCUT2D eigenvalue weighted by atomic mass is 32.2. The Morgan fingerprint density at radius 1 is 1.39 bits per heavy atom. The third kappa shape index (κ3) is 2.80. The molecule has 1 aromatic heterocycles. The predicted molar refractivity (Wildman–Crippen MR) is 72.7 cm³/mol. The van der Waals surface area contributed by atoms with Gasteiger partial charge in [-0.25, -0.2) is 4.39 Å². The van der Waals surface area contributed by atoms with E-state index in [9.17, 15) is 4.39 Å². The highest BCUT2D eigenvalue weighted by Gasteiger charge is 2.13. The lowest BCUT2D eigenvalue weighted by Crippen LogP contribution is -2.07. The van der Waals surface area contributed by atoms with Crippen molar-refractivity contribution in [3.63, 3.8) is 0 Å². The van der Waals surface area contributed by atoms with Gasteiger partial charge in [0, 0.05) is 20.6 Å². The van der Waals surface area contributed by atoms with Gasteiger partial charge in [-0.2, -0.15) is 0 Å². The number of rotatable bonds is 4. The summed E-state index contributed by atoms with van der Waals surface area (Å²) in [6.45, 7) is 0.305. The zero-order chi connectivity index (χ0) is 13.1. The average Bonchev–Trinajstić information content (AvgIpc) is 2.80. The molecule has 0 unspecified atom stereocenters. The Balaban J connectivity index is 2.27. The molecule has 0 amide bonds. The number of nitrogens with two attached hydrogens (primary N) is 1. The van der Waals surface area contributed by atoms with Gasteiger partial charge in [-0.3, -0.25) is 0 Å². The monoisotopic (exact) mass is 284 g/mol. The topological polar surface area (TPSA) is 55.0 Å². The largest absolute Gasteiger partial charge is 0.353 e. The van der Waals surface area contributed by atoms with Gasteiger partial charge in [0.15, 0.2) is 4.34 Å². The summed E-state index contributed by atoms with van der Waals surface area (Å²) in [5, 5.41) is 8.84. The summed E-state index contributed by atoms with van der Waals surface area (Å²) >= 11 is 2.69. The summed E-state index contributed by atoms with van der Waals surface area (Å²) in [6, 6.07) is 4.90. The van der Waals surface area contributed by atoms with E-state index in [-0.39, 0.29) is 5.82 Å². The Bertz CT molecular complexity index is 542. The number of aromatic nitrogens is 2. The number of benzene rings is 1. The molecule has 0 saturated heterocycles. The van der Waals surface area contributed by atoms with Crippen LogP contribution in [-0.2, 0) is 6.54 Å². The van der Waals surface area contributed by atoms with Gasteiger partial charge in [-0.1, -0.05) is 35.2 Å². The first-order valence-corrected chi connectivity index (χ1v) is 6.91. The molecule has 0 saturated carbocycles. The van der Waals surface area contributed by atoms with Crippen molar-refractivity contribution in [1.82, 2.24) is 10.2 Å². The third-order valence-corrected chi connectivity index (χ3v) is 4.54. The highest BCUT2D eigenvalue weighted by Crippen LogP contribution is 2.35. The molecular weight excluding hydrogens is 271 g/mol. The van der Waals surface area contributed by atoms with Crippen LogP contribution in [0, 0.1) is 5.82 Å². The van der Waals surface area contributed by atoms with Crippen molar-refractivity contribution in [2.45, 2.75) is 15.8 Å². The summed E-state index contributed by atoms with van der Waals surface area (Å²) in [6.07, 6.45) is 0. The van der Waals surface area contributed by atoms with Crippen LogP contribution in [0.15, 0.2) is 27.4 Å². The minimum Gasteiger partial charge on any atom is -0.353 e. The Morgan fingerprint density at radius 2 is 2.17 bits per heavy atom. The maximum Gasteiger partial charge on any atom is 0.208 e. The van der Waals surface area contributed by atoms with E-state index < -0.39 is 0 Å². The van der Waals surface area contributed by atoms with Crippen molar-refractivity contribution in [2.75, 3.05) is 19.0 Å². The Hall–Kier alpha value is -1.18. The SMILES string of the molecule is CN(C)c1nnc(Sc2c(F)cccc2CN)s1. The van der Waals surface area contributed by atoms with E-state index in [1.807, 2.05) is 25.1 Å². The second-order valence-corrected chi connectivity index (χ2v) is 5.99. The van der Waals surface area contributed by atoms with Crippen LogP contribution in [-0.4, -0.2) is 24.3 Å². The summed E-state index contributed by atoms with van der Waals surface area (Å²) in [5.74, 6) is -0.274. The summed E-state index contributed by atoms with van der Waals surface area (Å²) < 4.78 is 14.5. The molecule has 96 valence electrons. The molecule has 1 heterocycles. The molecule has 2 aromatic rings. The van der Waals surface area contributed by atoms with E-state index in [4.69, 9.17) is 5.73 Å². The summed E-state index contributed by atoms with van der Waals surface area (Å²) in [7, 11) is 3.78. The minimum atomic E-state index is -0.274. The zero-order valence-corrected chi connectivity index (χ0v) is 11.7. The van der Waals surface area contributed by atoms with Crippen molar-refractivity contribution in [3.05, 3.63) is 29.6 Å². The first kappa shape index (κ1) is 13.3. The first-order chi connectivity index (χ1) is 8.61. The molecule has 2 rings (SSSR count). The first-order valence-electron chi connectivity index (χ1n) is 5.28. The molecule has 0 fully saturated rings. The maximum atomic E-state index is 13.8. The van der Waals surface area contributed by atoms with E-state index >= 15 is 0 Å². The normalized spacial score (nSPS) is 10.7. The molecule has 2 N–H and O–H groups in total. The van der Waals surface area contributed by atoms with E-state index in [2.05, 4.69) is 10.2 Å². The molecular formula is C11H13FN4S2. The van der Waals surface area contributed by atoms with Gasteiger partial charge in [0.05, 0.1) is 4.90 Å². The molecule has 7 heteroatoms. The number of halogens is 1. The highest BCUT2D eigenvalue weighted by molar-refractivity contribution is 8.01. The fraction of sp³-hybridized carbons (Fsp3) is 0.273. The van der Waals surface area contributed by atoms with Gasteiger partial charge in [0.1, 0.15) is 5.82 Å². The van der Waals surface area contributed by atoms with Crippen molar-refractivity contribution < 1.29 is 4.39 Å². The molecule has 0 aliphatic carbocycles. The zero-order valence-electron chi connectivity index (χ0n) is 10.1. The van der Waals surface area contributed by atoms with Gasteiger partial charge in [0.2, 0.25) is 5.13 Å². The molecule has 0 atom stereocenters.